The molecule has 0 unspecified atom stereocenters. The third kappa shape index (κ3) is 3.91. The molecule has 0 radical (unpaired) electrons. The van der Waals surface area contributed by atoms with Gasteiger partial charge in [0.15, 0.2) is 5.82 Å². The summed E-state index contributed by atoms with van der Waals surface area (Å²) in [6.45, 7) is 0.314. The molecule has 0 saturated carbocycles. The van der Waals surface area contributed by atoms with Gasteiger partial charge in [0.05, 0.1) is 26.0 Å². The van der Waals surface area contributed by atoms with Crippen molar-refractivity contribution >= 4 is 10.0 Å². The van der Waals surface area contributed by atoms with Gasteiger partial charge >= 0.3 is 6.01 Å². The number of hydrogen-bond donors (Lipinski definition) is 0. The molecule has 1 aliphatic rings. The Labute approximate surface area is 149 Å². The number of hydrogen-bond acceptors (Lipinski definition) is 6. The van der Waals surface area contributed by atoms with Crippen LogP contribution in [-0.2, 0) is 10.0 Å². The zero-order valence-corrected chi connectivity index (χ0v) is 14.7. The molecule has 1 saturated heterocycles. The standard InChI is InChI=1S/C16H17F2N3O4S/c1-24-14-5-4-11(17)7-15(14)26(22,23)21-6-2-3-13(10-21)25-16-19-8-12(18)9-20-16/h4-5,7-9,13H,2-3,6,10H2,1H3/t13-/m0/s1. The van der Waals surface area contributed by atoms with Gasteiger partial charge in [0.25, 0.3) is 0 Å². The molecule has 2 aromatic rings. The second kappa shape index (κ2) is 7.50. The fourth-order valence-electron chi connectivity index (χ4n) is 2.72. The van der Waals surface area contributed by atoms with Crippen molar-refractivity contribution in [3.8, 4) is 11.8 Å². The molecule has 1 atom stereocenters. The van der Waals surface area contributed by atoms with Crippen LogP contribution in [0.2, 0.25) is 0 Å². The number of rotatable bonds is 5. The lowest BCUT2D eigenvalue weighted by Crippen LogP contribution is -2.44. The van der Waals surface area contributed by atoms with Gasteiger partial charge in [-0.1, -0.05) is 0 Å². The van der Waals surface area contributed by atoms with Gasteiger partial charge < -0.3 is 9.47 Å². The first-order chi connectivity index (χ1) is 12.4. The lowest BCUT2D eigenvalue weighted by molar-refractivity contribution is 0.118. The van der Waals surface area contributed by atoms with E-state index >= 15 is 0 Å². The van der Waals surface area contributed by atoms with Crippen molar-refractivity contribution in [3.05, 3.63) is 42.2 Å². The highest BCUT2D eigenvalue weighted by atomic mass is 32.2. The van der Waals surface area contributed by atoms with Crippen LogP contribution in [0.5, 0.6) is 11.8 Å². The first-order valence-corrected chi connectivity index (χ1v) is 9.32. The van der Waals surface area contributed by atoms with Gasteiger partial charge in [0, 0.05) is 6.54 Å². The molecule has 1 aromatic carbocycles. The van der Waals surface area contributed by atoms with Gasteiger partial charge in [-0.25, -0.2) is 27.2 Å². The van der Waals surface area contributed by atoms with E-state index < -0.39 is 27.8 Å². The summed E-state index contributed by atoms with van der Waals surface area (Å²) in [4.78, 5) is 7.18. The zero-order chi connectivity index (χ0) is 18.7. The number of piperidine rings is 1. The van der Waals surface area contributed by atoms with Gasteiger partial charge in [-0.2, -0.15) is 4.31 Å². The molecule has 1 aromatic heterocycles. The number of ether oxygens (including phenoxy) is 2. The molecule has 140 valence electrons. The van der Waals surface area contributed by atoms with Crippen molar-refractivity contribution in [1.29, 1.82) is 0 Å². The normalized spacial score (nSPS) is 18.5. The van der Waals surface area contributed by atoms with E-state index in [1.54, 1.807) is 0 Å². The maximum atomic E-state index is 13.6. The van der Waals surface area contributed by atoms with Crippen LogP contribution < -0.4 is 9.47 Å². The molecular weight excluding hydrogens is 368 g/mol. The maximum absolute atomic E-state index is 13.6. The first-order valence-electron chi connectivity index (χ1n) is 7.88. The van der Waals surface area contributed by atoms with Crippen LogP contribution >= 0.6 is 0 Å². The van der Waals surface area contributed by atoms with E-state index in [1.165, 1.54) is 17.5 Å². The second-order valence-corrected chi connectivity index (χ2v) is 7.63. The molecule has 0 aliphatic carbocycles. The average Bonchev–Trinajstić information content (AvgIpc) is 2.64. The van der Waals surface area contributed by atoms with E-state index in [-0.39, 0.29) is 29.7 Å². The summed E-state index contributed by atoms with van der Waals surface area (Å²) in [6.07, 6.45) is 2.58. The van der Waals surface area contributed by atoms with Gasteiger partial charge in [0.1, 0.15) is 22.6 Å². The number of halogens is 2. The highest BCUT2D eigenvalue weighted by Crippen LogP contribution is 2.29. The van der Waals surface area contributed by atoms with Gasteiger partial charge in [-0.05, 0) is 31.0 Å². The molecule has 10 heteroatoms. The van der Waals surface area contributed by atoms with Crippen molar-refractivity contribution in [3.63, 3.8) is 0 Å². The highest BCUT2D eigenvalue weighted by molar-refractivity contribution is 7.89. The van der Waals surface area contributed by atoms with Crippen LogP contribution in [0.25, 0.3) is 0 Å². The molecule has 3 rings (SSSR count). The van der Waals surface area contributed by atoms with E-state index in [2.05, 4.69) is 9.97 Å². The predicted molar refractivity (Wildman–Crippen MR) is 87.4 cm³/mol. The van der Waals surface area contributed by atoms with Crippen molar-refractivity contribution in [2.45, 2.75) is 23.8 Å². The zero-order valence-electron chi connectivity index (χ0n) is 13.9. The van der Waals surface area contributed by atoms with Gasteiger partial charge in [0.2, 0.25) is 10.0 Å². The molecule has 7 nitrogen and oxygen atoms in total. The predicted octanol–water partition coefficient (Wildman–Crippen LogP) is 2.00. The van der Waals surface area contributed by atoms with E-state index in [1.807, 2.05) is 0 Å². The third-order valence-electron chi connectivity index (χ3n) is 3.95. The summed E-state index contributed by atoms with van der Waals surface area (Å²) in [6, 6.07) is 3.30. The van der Waals surface area contributed by atoms with Crippen molar-refractivity contribution < 1.29 is 26.7 Å². The number of methoxy groups -OCH3 is 1. The van der Waals surface area contributed by atoms with Crippen molar-refractivity contribution in [2.75, 3.05) is 20.2 Å². The maximum Gasteiger partial charge on any atom is 0.316 e. The van der Waals surface area contributed by atoms with Gasteiger partial charge in [-0.15, -0.1) is 0 Å². The summed E-state index contributed by atoms with van der Waals surface area (Å²) in [5.41, 5.74) is 0. The summed E-state index contributed by atoms with van der Waals surface area (Å²) in [5, 5.41) is 0. The van der Waals surface area contributed by atoms with Crippen LogP contribution in [-0.4, -0.2) is 49.0 Å². The van der Waals surface area contributed by atoms with Gasteiger partial charge in [-0.3, -0.25) is 0 Å². The summed E-state index contributed by atoms with van der Waals surface area (Å²) < 4.78 is 64.1. The molecule has 1 fully saturated rings. The second-order valence-electron chi connectivity index (χ2n) is 5.72. The quantitative estimate of drug-likeness (QED) is 0.783. The third-order valence-corrected chi connectivity index (χ3v) is 5.84. The Morgan fingerprint density at radius 3 is 2.62 bits per heavy atom. The number of aromatic nitrogens is 2. The van der Waals surface area contributed by atoms with E-state index in [0.29, 0.717) is 12.8 Å². The molecule has 2 heterocycles. The minimum Gasteiger partial charge on any atom is -0.495 e. The van der Waals surface area contributed by atoms with Crippen molar-refractivity contribution in [1.82, 2.24) is 14.3 Å². The fraction of sp³-hybridized carbons (Fsp3) is 0.375. The highest BCUT2D eigenvalue weighted by Gasteiger charge is 2.33. The SMILES string of the molecule is COc1ccc(F)cc1S(=O)(=O)N1CCC[C@H](Oc2ncc(F)cn2)C1. The summed E-state index contributed by atoms with van der Waals surface area (Å²) in [5.74, 6) is -1.20. The summed E-state index contributed by atoms with van der Waals surface area (Å²) in [7, 11) is -2.65. The Kier molecular flexibility index (Phi) is 5.33. The van der Waals surface area contributed by atoms with E-state index in [9.17, 15) is 17.2 Å². The Bertz CT molecular complexity index is 878. The molecule has 0 amide bonds. The largest absolute Gasteiger partial charge is 0.495 e. The van der Waals surface area contributed by atoms with E-state index in [0.717, 1.165) is 24.5 Å². The van der Waals surface area contributed by atoms with Crippen LogP contribution in [0.1, 0.15) is 12.8 Å². The molecule has 0 spiro atoms. The first kappa shape index (κ1) is 18.5. The Morgan fingerprint density at radius 1 is 1.19 bits per heavy atom. The number of sulfonamides is 1. The molecule has 0 bridgehead atoms. The molecular formula is C16H17F2N3O4S. The number of nitrogens with zero attached hydrogens (tertiary/aromatic N) is 3. The Morgan fingerprint density at radius 2 is 1.92 bits per heavy atom. The smallest absolute Gasteiger partial charge is 0.316 e. The minimum atomic E-state index is -3.97. The van der Waals surface area contributed by atoms with Crippen LogP contribution in [0.3, 0.4) is 0 Å². The van der Waals surface area contributed by atoms with Crippen molar-refractivity contribution in [2.24, 2.45) is 0 Å². The average molecular weight is 385 g/mol. The van der Waals surface area contributed by atoms with Crippen LogP contribution in [0, 0.1) is 11.6 Å². The molecule has 0 N–H and O–H groups in total. The van der Waals surface area contributed by atoms with Crippen LogP contribution in [0.15, 0.2) is 35.5 Å². The summed E-state index contributed by atoms with van der Waals surface area (Å²) >= 11 is 0. The monoisotopic (exact) mass is 385 g/mol. The minimum absolute atomic E-state index is 0.0287. The Hall–Kier alpha value is -2.33. The topological polar surface area (TPSA) is 81.6 Å². The number of benzene rings is 1. The lowest BCUT2D eigenvalue weighted by atomic mass is 10.1. The fourth-order valence-corrected chi connectivity index (χ4v) is 4.40. The van der Waals surface area contributed by atoms with Crippen LogP contribution in [0.4, 0.5) is 8.78 Å². The van der Waals surface area contributed by atoms with E-state index in [4.69, 9.17) is 9.47 Å². The molecule has 1 aliphatic heterocycles. The molecule has 26 heavy (non-hydrogen) atoms. The lowest BCUT2D eigenvalue weighted by Gasteiger charge is -2.31. The Balaban J connectivity index is 1.80.